The van der Waals surface area contributed by atoms with Gasteiger partial charge in [-0.25, -0.2) is 4.98 Å². The van der Waals surface area contributed by atoms with Crippen molar-refractivity contribution in [3.8, 4) is 0 Å². The number of pyridine rings is 1. The molecular weight excluding hydrogens is 312 g/mol. The van der Waals surface area contributed by atoms with E-state index in [1.54, 1.807) is 6.20 Å². The van der Waals surface area contributed by atoms with Crippen LogP contribution in [0, 0.1) is 10.1 Å². The lowest BCUT2D eigenvalue weighted by Gasteiger charge is -2.37. The number of hydrogen-bond acceptors (Lipinski definition) is 5. The predicted octanol–water partition coefficient (Wildman–Crippen LogP) is 2.04. The first-order valence-corrected chi connectivity index (χ1v) is 7.23. The second-order valence-electron chi connectivity index (χ2n) is 5.03. The third kappa shape index (κ3) is 2.44. The summed E-state index contributed by atoms with van der Waals surface area (Å²) in [7, 11) is 0. The molecule has 1 unspecified atom stereocenters. The maximum Gasteiger partial charge on any atom is 0.312 e. The van der Waals surface area contributed by atoms with Gasteiger partial charge < -0.3 is 4.90 Å². The Kier molecular flexibility index (Phi) is 3.40. The monoisotopic (exact) mass is 326 g/mol. The van der Waals surface area contributed by atoms with Gasteiger partial charge in [0.2, 0.25) is 5.82 Å². The zero-order valence-electron chi connectivity index (χ0n) is 10.5. The van der Waals surface area contributed by atoms with Crippen molar-refractivity contribution in [2.24, 2.45) is 0 Å². The highest BCUT2D eigenvalue weighted by atomic mass is 79.9. The molecular formula is C12H15BrN4O2. The summed E-state index contributed by atoms with van der Waals surface area (Å²) in [5.74, 6) is 0.500. The Labute approximate surface area is 119 Å². The standard InChI is InChI=1S/C12H15BrN4O2/c13-9-6-11(17(18)19)12(14-7-9)16-5-4-15-3-1-2-10(15)8-16/h6-7,10H,1-5,8H2. The van der Waals surface area contributed by atoms with E-state index < -0.39 is 0 Å². The van der Waals surface area contributed by atoms with Crippen LogP contribution in [0.3, 0.4) is 0 Å². The molecule has 0 saturated carbocycles. The van der Waals surface area contributed by atoms with E-state index in [1.807, 2.05) is 0 Å². The van der Waals surface area contributed by atoms with Crippen LogP contribution in [0.1, 0.15) is 12.8 Å². The molecule has 102 valence electrons. The molecule has 0 radical (unpaired) electrons. The molecule has 1 aromatic rings. The molecule has 3 heterocycles. The van der Waals surface area contributed by atoms with Gasteiger partial charge in [0, 0.05) is 42.4 Å². The van der Waals surface area contributed by atoms with Gasteiger partial charge in [-0.2, -0.15) is 0 Å². The van der Waals surface area contributed by atoms with E-state index in [4.69, 9.17) is 0 Å². The molecule has 0 amide bonds. The van der Waals surface area contributed by atoms with Crippen molar-refractivity contribution in [2.45, 2.75) is 18.9 Å². The zero-order valence-corrected chi connectivity index (χ0v) is 12.0. The van der Waals surface area contributed by atoms with Crippen molar-refractivity contribution >= 4 is 27.4 Å². The number of piperazine rings is 1. The highest BCUT2D eigenvalue weighted by Gasteiger charge is 2.33. The molecule has 2 aliphatic rings. The Bertz CT molecular complexity index is 511. The minimum Gasteiger partial charge on any atom is -0.348 e. The molecule has 0 spiro atoms. The molecule has 2 fully saturated rings. The fraction of sp³-hybridized carbons (Fsp3) is 0.583. The number of halogens is 1. The predicted molar refractivity (Wildman–Crippen MR) is 75.4 cm³/mol. The molecule has 1 atom stereocenters. The summed E-state index contributed by atoms with van der Waals surface area (Å²) in [4.78, 5) is 19.6. The van der Waals surface area contributed by atoms with E-state index in [2.05, 4.69) is 30.7 Å². The Hall–Kier alpha value is -1.21. The van der Waals surface area contributed by atoms with Gasteiger partial charge >= 0.3 is 5.69 Å². The molecule has 7 heteroatoms. The summed E-state index contributed by atoms with van der Waals surface area (Å²) in [6.45, 7) is 3.79. The third-order valence-corrected chi connectivity index (χ3v) is 4.33. The molecule has 3 rings (SSSR count). The first-order valence-electron chi connectivity index (χ1n) is 6.44. The number of rotatable bonds is 2. The number of aromatic nitrogens is 1. The topological polar surface area (TPSA) is 62.5 Å². The van der Waals surface area contributed by atoms with Crippen molar-refractivity contribution in [3.63, 3.8) is 0 Å². The highest BCUT2D eigenvalue weighted by molar-refractivity contribution is 9.10. The van der Waals surface area contributed by atoms with Gasteiger partial charge in [-0.3, -0.25) is 15.0 Å². The Balaban J connectivity index is 1.87. The second kappa shape index (κ2) is 5.05. The molecule has 6 nitrogen and oxygen atoms in total. The summed E-state index contributed by atoms with van der Waals surface area (Å²) in [6, 6.07) is 2.06. The van der Waals surface area contributed by atoms with Gasteiger partial charge in [0.1, 0.15) is 0 Å². The first kappa shape index (κ1) is 12.8. The largest absolute Gasteiger partial charge is 0.348 e. The maximum absolute atomic E-state index is 11.2. The molecule has 0 N–H and O–H groups in total. The van der Waals surface area contributed by atoms with Crippen molar-refractivity contribution in [3.05, 3.63) is 26.9 Å². The van der Waals surface area contributed by atoms with Crippen molar-refractivity contribution < 1.29 is 4.92 Å². The zero-order chi connectivity index (χ0) is 13.4. The van der Waals surface area contributed by atoms with E-state index >= 15 is 0 Å². The van der Waals surface area contributed by atoms with Gasteiger partial charge in [-0.15, -0.1) is 0 Å². The lowest BCUT2D eigenvalue weighted by Crippen LogP contribution is -2.50. The lowest BCUT2D eigenvalue weighted by molar-refractivity contribution is -0.384. The van der Waals surface area contributed by atoms with E-state index in [9.17, 15) is 10.1 Å². The summed E-state index contributed by atoms with van der Waals surface area (Å²) < 4.78 is 0.641. The number of anilines is 1. The van der Waals surface area contributed by atoms with Crippen molar-refractivity contribution in [1.82, 2.24) is 9.88 Å². The minimum absolute atomic E-state index is 0.0841. The van der Waals surface area contributed by atoms with Gasteiger partial charge in [0.25, 0.3) is 0 Å². The quantitative estimate of drug-likeness (QED) is 0.614. The number of nitrogens with zero attached hydrogens (tertiary/aromatic N) is 4. The molecule has 19 heavy (non-hydrogen) atoms. The SMILES string of the molecule is O=[N+]([O-])c1cc(Br)cnc1N1CCN2CCCC2C1. The lowest BCUT2D eigenvalue weighted by atomic mass is 10.1. The Morgan fingerprint density at radius 2 is 2.26 bits per heavy atom. The highest BCUT2D eigenvalue weighted by Crippen LogP contribution is 2.31. The van der Waals surface area contributed by atoms with Gasteiger partial charge in [0.05, 0.1) is 4.92 Å². The first-order chi connectivity index (χ1) is 9.15. The van der Waals surface area contributed by atoms with E-state index in [0.717, 1.165) is 26.2 Å². The van der Waals surface area contributed by atoms with Crippen LogP contribution in [0.5, 0.6) is 0 Å². The van der Waals surface area contributed by atoms with Gasteiger partial charge in [0.15, 0.2) is 0 Å². The molecule has 1 aromatic heterocycles. The van der Waals surface area contributed by atoms with Crippen LogP contribution in [0.4, 0.5) is 11.5 Å². The van der Waals surface area contributed by atoms with Crippen LogP contribution in [-0.2, 0) is 0 Å². The van der Waals surface area contributed by atoms with Gasteiger partial charge in [-0.05, 0) is 35.3 Å². The van der Waals surface area contributed by atoms with Crippen LogP contribution in [-0.4, -0.2) is 47.0 Å². The fourth-order valence-corrected chi connectivity index (χ4v) is 3.30. The van der Waals surface area contributed by atoms with E-state index in [1.165, 1.54) is 18.9 Å². The van der Waals surface area contributed by atoms with Crippen LogP contribution in [0.2, 0.25) is 0 Å². The molecule has 0 bridgehead atoms. The average Bonchev–Trinajstić information content (AvgIpc) is 2.85. The van der Waals surface area contributed by atoms with Gasteiger partial charge in [-0.1, -0.05) is 0 Å². The summed E-state index contributed by atoms with van der Waals surface area (Å²) in [5, 5.41) is 11.2. The summed E-state index contributed by atoms with van der Waals surface area (Å²) in [6.07, 6.45) is 4.04. The second-order valence-corrected chi connectivity index (χ2v) is 5.95. The van der Waals surface area contributed by atoms with Crippen molar-refractivity contribution in [1.29, 1.82) is 0 Å². The normalized spacial score (nSPS) is 23.4. The van der Waals surface area contributed by atoms with Crippen LogP contribution >= 0.6 is 15.9 Å². The smallest absolute Gasteiger partial charge is 0.312 e. The molecule has 2 saturated heterocycles. The fourth-order valence-electron chi connectivity index (χ4n) is 2.98. The average molecular weight is 327 g/mol. The molecule has 0 aliphatic carbocycles. The number of fused-ring (bicyclic) bond motifs is 1. The van der Waals surface area contributed by atoms with E-state index in [0.29, 0.717) is 16.3 Å². The minimum atomic E-state index is -0.353. The summed E-state index contributed by atoms with van der Waals surface area (Å²) in [5.41, 5.74) is 0.0841. The van der Waals surface area contributed by atoms with Crippen molar-refractivity contribution in [2.75, 3.05) is 31.1 Å². The number of hydrogen-bond donors (Lipinski definition) is 0. The molecule has 2 aliphatic heterocycles. The number of nitro groups is 1. The summed E-state index contributed by atoms with van der Waals surface area (Å²) >= 11 is 3.24. The van der Waals surface area contributed by atoms with Crippen LogP contribution in [0.25, 0.3) is 0 Å². The Morgan fingerprint density at radius 3 is 3.05 bits per heavy atom. The third-order valence-electron chi connectivity index (χ3n) is 3.90. The van der Waals surface area contributed by atoms with Crippen LogP contribution in [0.15, 0.2) is 16.7 Å². The Morgan fingerprint density at radius 1 is 1.42 bits per heavy atom. The maximum atomic E-state index is 11.2. The van der Waals surface area contributed by atoms with E-state index in [-0.39, 0.29) is 10.6 Å². The molecule has 0 aromatic carbocycles. The van der Waals surface area contributed by atoms with Crippen LogP contribution < -0.4 is 4.90 Å².